The zero-order valence-corrected chi connectivity index (χ0v) is 24.3. The molecule has 4 aromatic carbocycles. The Kier molecular flexibility index (Phi) is 10.3. The van der Waals surface area contributed by atoms with E-state index in [1.54, 1.807) is 6.07 Å². The van der Waals surface area contributed by atoms with Crippen LogP contribution in [0.2, 0.25) is 5.02 Å². The van der Waals surface area contributed by atoms with E-state index in [2.05, 4.69) is 6.07 Å². The number of halogens is 5. The SMILES string of the molecule is CS(=O)(=O)c1[c]c(F)cc(OCCCN(Cc2cccc(C(F)(F)F)c2Cl)CC(c2ccccc2)c2ccccc2)c1. The van der Waals surface area contributed by atoms with E-state index in [0.717, 1.165) is 29.5 Å². The molecule has 0 bridgehead atoms. The van der Waals surface area contributed by atoms with Crippen LogP contribution in [-0.4, -0.2) is 39.3 Å². The van der Waals surface area contributed by atoms with Gasteiger partial charge in [0.15, 0.2) is 9.84 Å². The molecule has 0 atom stereocenters. The van der Waals surface area contributed by atoms with Gasteiger partial charge in [-0.3, -0.25) is 4.90 Å². The van der Waals surface area contributed by atoms with Crippen LogP contribution in [0.3, 0.4) is 0 Å². The molecule has 0 N–H and O–H groups in total. The molecule has 0 amide bonds. The number of sulfone groups is 1. The second kappa shape index (κ2) is 13.7. The molecule has 0 spiro atoms. The molecule has 0 fully saturated rings. The first kappa shape index (κ1) is 31.5. The van der Waals surface area contributed by atoms with Gasteiger partial charge in [0, 0.05) is 43.9 Å². The highest BCUT2D eigenvalue weighted by Crippen LogP contribution is 2.37. The molecule has 0 aliphatic heterocycles. The summed E-state index contributed by atoms with van der Waals surface area (Å²) in [5, 5.41) is -0.341. The molecular weight excluding hydrogens is 590 g/mol. The standard InChI is InChI=1S/C32H29ClF4NO3S/c1-42(39,40)28-19-26(34)18-27(20-28)41-17-9-16-38(21-25-14-8-15-30(31(25)33)32(35,36)37)22-29(23-10-4-2-5-11-23)24-12-6-3-7-13-24/h2-8,10-15,18,20,29H,9,16-17,21-22H2,1H3. The maximum atomic E-state index is 14.0. The quantitative estimate of drug-likeness (QED) is 0.120. The second-order valence-electron chi connectivity index (χ2n) is 9.89. The Morgan fingerprint density at radius 1 is 0.929 bits per heavy atom. The third-order valence-electron chi connectivity index (χ3n) is 6.69. The van der Waals surface area contributed by atoms with E-state index in [1.807, 2.05) is 65.6 Å². The van der Waals surface area contributed by atoms with Gasteiger partial charge < -0.3 is 4.74 Å². The molecule has 0 aliphatic rings. The molecule has 1 radical (unpaired) electrons. The van der Waals surface area contributed by atoms with Crippen molar-refractivity contribution in [2.24, 2.45) is 0 Å². The minimum atomic E-state index is -4.59. The molecule has 4 aromatic rings. The van der Waals surface area contributed by atoms with E-state index in [-0.39, 0.29) is 34.7 Å². The first-order valence-corrected chi connectivity index (χ1v) is 15.4. The maximum Gasteiger partial charge on any atom is 0.417 e. The number of alkyl halides is 3. The molecule has 4 nitrogen and oxygen atoms in total. The maximum absolute atomic E-state index is 14.0. The first-order valence-electron chi connectivity index (χ1n) is 13.1. The van der Waals surface area contributed by atoms with E-state index >= 15 is 0 Å². The number of hydrogen-bond acceptors (Lipinski definition) is 4. The topological polar surface area (TPSA) is 46.6 Å². The highest BCUT2D eigenvalue weighted by Gasteiger charge is 2.34. The molecule has 42 heavy (non-hydrogen) atoms. The average molecular weight is 619 g/mol. The number of rotatable bonds is 12. The van der Waals surface area contributed by atoms with Crippen molar-refractivity contribution in [3.8, 4) is 5.75 Å². The van der Waals surface area contributed by atoms with Crippen molar-refractivity contribution in [1.82, 2.24) is 4.90 Å². The number of ether oxygens (including phenoxy) is 1. The molecule has 0 heterocycles. The Bertz CT molecular complexity index is 1540. The largest absolute Gasteiger partial charge is 0.493 e. The van der Waals surface area contributed by atoms with Crippen LogP contribution in [0.4, 0.5) is 17.6 Å². The lowest BCUT2D eigenvalue weighted by Gasteiger charge is -2.29. The van der Waals surface area contributed by atoms with Gasteiger partial charge in [-0.2, -0.15) is 13.2 Å². The van der Waals surface area contributed by atoms with Crippen LogP contribution in [0.1, 0.15) is 34.6 Å². The Labute approximate surface area is 248 Å². The van der Waals surface area contributed by atoms with Crippen LogP contribution >= 0.6 is 11.6 Å². The predicted molar refractivity (Wildman–Crippen MR) is 155 cm³/mol. The molecule has 0 aliphatic carbocycles. The van der Waals surface area contributed by atoms with Crippen molar-refractivity contribution in [1.29, 1.82) is 0 Å². The fraction of sp³-hybridized carbons (Fsp3) is 0.250. The third kappa shape index (κ3) is 8.56. The summed E-state index contributed by atoms with van der Waals surface area (Å²) in [7, 11) is -3.69. The summed E-state index contributed by atoms with van der Waals surface area (Å²) in [5.41, 5.74) is 1.54. The average Bonchev–Trinajstić information content (AvgIpc) is 2.94. The molecule has 0 saturated carbocycles. The van der Waals surface area contributed by atoms with E-state index in [0.29, 0.717) is 25.1 Å². The van der Waals surface area contributed by atoms with Crippen molar-refractivity contribution < 1.29 is 30.7 Å². The van der Waals surface area contributed by atoms with Gasteiger partial charge in [-0.1, -0.05) is 84.4 Å². The lowest BCUT2D eigenvalue weighted by atomic mass is 9.90. The fourth-order valence-corrected chi connectivity index (χ4v) is 5.58. The second-order valence-corrected chi connectivity index (χ2v) is 12.3. The summed E-state index contributed by atoms with van der Waals surface area (Å²) in [6, 6.07) is 27.9. The van der Waals surface area contributed by atoms with Crippen LogP contribution in [0.5, 0.6) is 5.75 Å². The zero-order valence-electron chi connectivity index (χ0n) is 22.7. The van der Waals surface area contributed by atoms with E-state index < -0.39 is 27.4 Å². The number of nitrogens with zero attached hydrogens (tertiary/aromatic N) is 1. The van der Waals surface area contributed by atoms with Gasteiger partial charge >= 0.3 is 6.18 Å². The number of hydrogen-bond donors (Lipinski definition) is 0. The lowest BCUT2D eigenvalue weighted by Crippen LogP contribution is -2.31. The highest BCUT2D eigenvalue weighted by molar-refractivity contribution is 7.90. The van der Waals surface area contributed by atoms with Gasteiger partial charge in [0.1, 0.15) is 11.6 Å². The monoisotopic (exact) mass is 618 g/mol. The van der Waals surface area contributed by atoms with E-state index in [4.69, 9.17) is 16.3 Å². The summed E-state index contributed by atoms with van der Waals surface area (Å²) in [6.45, 7) is 1.13. The number of benzene rings is 4. The van der Waals surface area contributed by atoms with Gasteiger partial charge in [-0.05, 0) is 35.2 Å². The molecule has 0 aromatic heterocycles. The summed E-state index contributed by atoms with van der Waals surface area (Å²) < 4.78 is 84.0. The Morgan fingerprint density at radius 3 is 2.12 bits per heavy atom. The smallest absolute Gasteiger partial charge is 0.417 e. The molecular formula is C32H29ClF4NO3S. The third-order valence-corrected chi connectivity index (χ3v) is 8.16. The summed E-state index contributed by atoms with van der Waals surface area (Å²) >= 11 is 6.26. The predicted octanol–water partition coefficient (Wildman–Crippen LogP) is 7.80. The van der Waals surface area contributed by atoms with Gasteiger partial charge in [0.25, 0.3) is 0 Å². The van der Waals surface area contributed by atoms with Crippen LogP contribution in [0.15, 0.2) is 95.9 Å². The lowest BCUT2D eigenvalue weighted by molar-refractivity contribution is -0.137. The molecule has 10 heteroatoms. The van der Waals surface area contributed by atoms with Crippen molar-refractivity contribution in [3.05, 3.63) is 130 Å². The van der Waals surface area contributed by atoms with Crippen LogP contribution in [0, 0.1) is 11.9 Å². The highest BCUT2D eigenvalue weighted by atomic mass is 35.5. The zero-order chi connectivity index (χ0) is 30.3. The van der Waals surface area contributed by atoms with Crippen LogP contribution in [0.25, 0.3) is 0 Å². The van der Waals surface area contributed by atoms with Crippen molar-refractivity contribution in [2.45, 2.75) is 30.0 Å². The summed E-state index contributed by atoms with van der Waals surface area (Å²) in [4.78, 5) is 1.70. The van der Waals surface area contributed by atoms with Crippen LogP contribution < -0.4 is 4.74 Å². The Balaban J connectivity index is 1.58. The molecule has 221 valence electrons. The van der Waals surface area contributed by atoms with E-state index in [1.165, 1.54) is 12.1 Å². The normalized spacial score (nSPS) is 12.2. The molecule has 0 unspecified atom stereocenters. The van der Waals surface area contributed by atoms with Crippen molar-refractivity contribution in [2.75, 3.05) is 26.0 Å². The minimum absolute atomic E-state index is 0.0468. The van der Waals surface area contributed by atoms with Crippen molar-refractivity contribution >= 4 is 21.4 Å². The summed E-state index contributed by atoms with van der Waals surface area (Å²) in [5.74, 6) is -0.901. The molecule has 0 saturated heterocycles. The van der Waals surface area contributed by atoms with Gasteiger partial charge in [0.2, 0.25) is 0 Å². The van der Waals surface area contributed by atoms with Crippen molar-refractivity contribution in [3.63, 3.8) is 0 Å². The minimum Gasteiger partial charge on any atom is -0.493 e. The van der Waals surface area contributed by atoms with Gasteiger partial charge in [-0.15, -0.1) is 0 Å². The molecule has 4 rings (SSSR count). The Hall–Kier alpha value is -3.40. The van der Waals surface area contributed by atoms with Gasteiger partial charge in [-0.25, -0.2) is 12.8 Å². The van der Waals surface area contributed by atoms with E-state index in [9.17, 15) is 26.0 Å². The van der Waals surface area contributed by atoms with Gasteiger partial charge in [0.05, 0.1) is 22.1 Å². The fourth-order valence-electron chi connectivity index (χ4n) is 4.68. The van der Waals surface area contributed by atoms with Crippen LogP contribution in [-0.2, 0) is 22.6 Å². The first-order chi connectivity index (χ1) is 19.9. The Morgan fingerprint density at radius 2 is 1.55 bits per heavy atom. The summed E-state index contributed by atoms with van der Waals surface area (Å²) in [6.07, 6.45) is -3.22.